The Hall–Kier alpha value is -1.98. The maximum atomic E-state index is 10.8. The average molecular weight is 180 g/mol. The highest BCUT2D eigenvalue weighted by molar-refractivity contribution is 6.04. The highest BCUT2D eigenvalue weighted by atomic mass is 16.2. The largest absolute Gasteiger partial charge is 0.366 e. The first kappa shape index (κ1) is 9.11. The minimum atomic E-state index is -0.818. The normalized spacial score (nSPS) is 9.62. The third kappa shape index (κ3) is 1.78. The molecule has 0 fully saturated rings. The Kier molecular flexibility index (Phi) is 2.23. The third-order valence-electron chi connectivity index (χ3n) is 1.41. The van der Waals surface area contributed by atoms with Crippen molar-refractivity contribution in [3.8, 4) is 0 Å². The van der Waals surface area contributed by atoms with Crippen molar-refractivity contribution in [3.63, 3.8) is 0 Å². The number of hydrogen-bond acceptors (Lipinski definition) is 4. The summed E-state index contributed by atoms with van der Waals surface area (Å²) in [5, 5.41) is 7.06. The molecule has 6 nitrogen and oxygen atoms in total. The molecule has 1 aromatic heterocycles. The number of nitrogens with zero attached hydrogens (tertiary/aromatic N) is 2. The van der Waals surface area contributed by atoms with Crippen molar-refractivity contribution >= 4 is 11.8 Å². The van der Waals surface area contributed by atoms with Crippen molar-refractivity contribution in [1.82, 2.24) is 10.2 Å². The molecule has 13 heavy (non-hydrogen) atoms. The van der Waals surface area contributed by atoms with Gasteiger partial charge in [0.25, 0.3) is 11.8 Å². The Bertz CT molecular complexity index is 375. The van der Waals surface area contributed by atoms with E-state index in [2.05, 4.69) is 10.2 Å². The van der Waals surface area contributed by atoms with Gasteiger partial charge in [0.15, 0.2) is 5.69 Å². The van der Waals surface area contributed by atoms with Crippen LogP contribution in [-0.2, 0) is 0 Å². The first-order valence-corrected chi connectivity index (χ1v) is 3.46. The Morgan fingerprint density at radius 3 is 2.31 bits per heavy atom. The smallest absolute Gasteiger partial charge is 0.270 e. The highest BCUT2D eigenvalue weighted by Gasteiger charge is 2.14. The zero-order chi connectivity index (χ0) is 10.0. The first-order valence-electron chi connectivity index (χ1n) is 3.46. The highest BCUT2D eigenvalue weighted by Crippen LogP contribution is 2.04. The summed E-state index contributed by atoms with van der Waals surface area (Å²) in [7, 11) is 0. The van der Waals surface area contributed by atoms with Gasteiger partial charge in [0.1, 0.15) is 0 Å². The van der Waals surface area contributed by atoms with E-state index in [4.69, 9.17) is 11.5 Å². The first-order chi connectivity index (χ1) is 6.02. The summed E-state index contributed by atoms with van der Waals surface area (Å²) in [5.74, 6) is -1.56. The van der Waals surface area contributed by atoms with Crippen molar-refractivity contribution < 1.29 is 9.59 Å². The van der Waals surface area contributed by atoms with Crippen LogP contribution < -0.4 is 11.5 Å². The molecule has 0 saturated carbocycles. The lowest BCUT2D eigenvalue weighted by molar-refractivity contribution is 0.0962. The monoisotopic (exact) mass is 180 g/mol. The number of rotatable bonds is 2. The van der Waals surface area contributed by atoms with Crippen LogP contribution in [0.2, 0.25) is 0 Å². The Morgan fingerprint density at radius 2 is 1.85 bits per heavy atom. The molecular formula is C7H8N4O2. The van der Waals surface area contributed by atoms with E-state index in [1.807, 2.05) is 0 Å². The van der Waals surface area contributed by atoms with E-state index in [9.17, 15) is 9.59 Å². The molecule has 0 radical (unpaired) electrons. The summed E-state index contributed by atoms with van der Waals surface area (Å²) in [6.45, 7) is 1.63. The molecule has 0 aliphatic carbocycles. The second-order valence-corrected chi connectivity index (χ2v) is 2.48. The Morgan fingerprint density at radius 1 is 1.23 bits per heavy atom. The number of hydrogen-bond donors (Lipinski definition) is 2. The van der Waals surface area contributed by atoms with E-state index < -0.39 is 11.8 Å². The molecule has 0 aliphatic heterocycles. The molecule has 68 valence electrons. The summed E-state index contributed by atoms with van der Waals surface area (Å²) in [6, 6.07) is 1.37. The second-order valence-electron chi connectivity index (χ2n) is 2.48. The summed E-state index contributed by atoms with van der Waals surface area (Å²) < 4.78 is 0. The van der Waals surface area contributed by atoms with Gasteiger partial charge in [0, 0.05) is 0 Å². The van der Waals surface area contributed by atoms with Gasteiger partial charge in [-0.25, -0.2) is 0 Å². The van der Waals surface area contributed by atoms with Crippen LogP contribution >= 0.6 is 0 Å². The Balaban J connectivity index is 3.35. The zero-order valence-electron chi connectivity index (χ0n) is 6.94. The van der Waals surface area contributed by atoms with Gasteiger partial charge in [-0.05, 0) is 13.0 Å². The molecule has 0 aromatic carbocycles. The van der Waals surface area contributed by atoms with Gasteiger partial charge in [-0.15, -0.1) is 5.10 Å². The second kappa shape index (κ2) is 3.18. The molecule has 0 saturated heterocycles. The lowest BCUT2D eigenvalue weighted by atomic mass is 10.2. The molecule has 0 unspecified atom stereocenters. The van der Waals surface area contributed by atoms with E-state index in [0.29, 0.717) is 5.69 Å². The van der Waals surface area contributed by atoms with E-state index in [1.54, 1.807) is 6.92 Å². The molecule has 6 heteroatoms. The zero-order valence-corrected chi connectivity index (χ0v) is 6.94. The maximum absolute atomic E-state index is 10.8. The molecule has 0 spiro atoms. The molecular weight excluding hydrogens is 172 g/mol. The molecule has 1 heterocycles. The predicted octanol–water partition coefficient (Wildman–Crippen LogP) is -1.02. The molecule has 0 atom stereocenters. The standard InChI is InChI=1S/C7H8N4O2/c1-3-2-4(6(8)12)5(7(9)13)11-10-3/h2H,1H3,(H2,8,12)(H2,9,13). The van der Waals surface area contributed by atoms with E-state index >= 15 is 0 Å². The Labute approximate surface area is 73.9 Å². The van der Waals surface area contributed by atoms with E-state index in [1.165, 1.54) is 6.07 Å². The van der Waals surface area contributed by atoms with Crippen LogP contribution in [0, 0.1) is 6.92 Å². The van der Waals surface area contributed by atoms with Crippen molar-refractivity contribution in [2.75, 3.05) is 0 Å². The molecule has 2 amide bonds. The van der Waals surface area contributed by atoms with Crippen molar-refractivity contribution in [3.05, 3.63) is 23.0 Å². The lowest BCUT2D eigenvalue weighted by Crippen LogP contribution is -2.23. The van der Waals surface area contributed by atoms with Gasteiger partial charge in [0.2, 0.25) is 0 Å². The number of carbonyl (C=O) groups is 2. The summed E-state index contributed by atoms with van der Waals surface area (Å²) >= 11 is 0. The van der Waals surface area contributed by atoms with E-state index in [0.717, 1.165) is 0 Å². The van der Waals surface area contributed by atoms with Gasteiger partial charge in [-0.1, -0.05) is 0 Å². The van der Waals surface area contributed by atoms with E-state index in [-0.39, 0.29) is 11.3 Å². The number of nitrogens with two attached hydrogens (primary N) is 2. The van der Waals surface area contributed by atoms with Gasteiger partial charge in [-0.2, -0.15) is 5.10 Å². The van der Waals surface area contributed by atoms with Crippen LogP contribution in [0.25, 0.3) is 0 Å². The van der Waals surface area contributed by atoms with Crippen molar-refractivity contribution in [2.24, 2.45) is 11.5 Å². The van der Waals surface area contributed by atoms with Gasteiger partial charge >= 0.3 is 0 Å². The van der Waals surface area contributed by atoms with Gasteiger partial charge < -0.3 is 11.5 Å². The summed E-state index contributed by atoms with van der Waals surface area (Å²) in [6.07, 6.45) is 0. The van der Waals surface area contributed by atoms with Crippen LogP contribution in [0.5, 0.6) is 0 Å². The van der Waals surface area contributed by atoms with Crippen LogP contribution in [0.1, 0.15) is 26.5 Å². The third-order valence-corrected chi connectivity index (χ3v) is 1.41. The number of carbonyl (C=O) groups excluding carboxylic acids is 2. The van der Waals surface area contributed by atoms with Crippen LogP contribution in [0.4, 0.5) is 0 Å². The number of aromatic nitrogens is 2. The lowest BCUT2D eigenvalue weighted by Gasteiger charge is -2.00. The molecule has 0 aliphatic rings. The number of amides is 2. The minimum absolute atomic E-state index is 0.000000000000000444. The fourth-order valence-corrected chi connectivity index (χ4v) is 0.859. The van der Waals surface area contributed by atoms with Crippen molar-refractivity contribution in [1.29, 1.82) is 0 Å². The van der Waals surface area contributed by atoms with Crippen LogP contribution in [0.15, 0.2) is 6.07 Å². The number of aryl methyl sites for hydroxylation is 1. The van der Waals surface area contributed by atoms with Crippen molar-refractivity contribution in [2.45, 2.75) is 6.92 Å². The molecule has 1 aromatic rings. The number of primary amides is 2. The summed E-state index contributed by atoms with van der Waals surface area (Å²) in [4.78, 5) is 21.6. The van der Waals surface area contributed by atoms with Crippen LogP contribution in [-0.4, -0.2) is 22.0 Å². The molecule has 1 rings (SSSR count). The SMILES string of the molecule is Cc1cc(C(N)=O)c(C(N)=O)nn1. The topological polar surface area (TPSA) is 112 Å². The van der Waals surface area contributed by atoms with Gasteiger partial charge in [-0.3, -0.25) is 9.59 Å². The maximum Gasteiger partial charge on any atom is 0.270 e. The molecule has 0 bridgehead atoms. The fraction of sp³-hybridized carbons (Fsp3) is 0.143. The molecule has 4 N–H and O–H groups in total. The minimum Gasteiger partial charge on any atom is -0.366 e. The fourth-order valence-electron chi connectivity index (χ4n) is 0.859. The quantitative estimate of drug-likeness (QED) is 0.606. The van der Waals surface area contributed by atoms with Crippen LogP contribution in [0.3, 0.4) is 0 Å². The average Bonchev–Trinajstić information content (AvgIpc) is 2.03. The summed E-state index contributed by atoms with van der Waals surface area (Å²) in [5.41, 5.74) is 10.3. The predicted molar refractivity (Wildman–Crippen MR) is 43.8 cm³/mol. The van der Waals surface area contributed by atoms with Gasteiger partial charge in [0.05, 0.1) is 11.3 Å².